The molecule has 1 heterocycles. The molecule has 0 aromatic heterocycles. The quantitative estimate of drug-likeness (QED) is 0.705. The summed E-state index contributed by atoms with van der Waals surface area (Å²) in [7, 11) is 3.12. The highest BCUT2D eigenvalue weighted by molar-refractivity contribution is 5.39. The van der Waals surface area contributed by atoms with Crippen molar-refractivity contribution in [1.82, 2.24) is 9.80 Å². The summed E-state index contributed by atoms with van der Waals surface area (Å²) in [6.45, 7) is 3.42. The normalized spacial score (nSPS) is 18.0. The summed E-state index contributed by atoms with van der Waals surface area (Å²) in [5, 5.41) is 19.7. The number of piperazine rings is 1. The highest BCUT2D eigenvalue weighted by Crippen LogP contribution is 2.26. The molecule has 0 saturated carbocycles. The molecule has 0 spiro atoms. The molecule has 29 heavy (non-hydrogen) atoms. The third kappa shape index (κ3) is 5.38. The lowest BCUT2D eigenvalue weighted by Crippen LogP contribution is -2.52. The molecule has 3 rings (SSSR count). The van der Waals surface area contributed by atoms with Crippen LogP contribution in [0.1, 0.15) is 17.5 Å². The molecule has 7 heteroatoms. The first-order chi connectivity index (χ1) is 14.0. The van der Waals surface area contributed by atoms with Gasteiger partial charge in [0, 0.05) is 62.6 Å². The van der Waals surface area contributed by atoms with E-state index in [4.69, 9.17) is 9.47 Å². The van der Waals surface area contributed by atoms with Crippen LogP contribution in [0.3, 0.4) is 0 Å². The Morgan fingerprint density at radius 2 is 1.72 bits per heavy atom. The molecule has 1 fully saturated rings. The Kier molecular flexibility index (Phi) is 7.30. The fourth-order valence-corrected chi connectivity index (χ4v) is 3.79. The Labute approximate surface area is 171 Å². The number of phenols is 1. The predicted molar refractivity (Wildman–Crippen MR) is 109 cm³/mol. The second-order valence-electron chi connectivity index (χ2n) is 7.32. The summed E-state index contributed by atoms with van der Waals surface area (Å²) in [6.07, 6.45) is 0.609. The Morgan fingerprint density at radius 1 is 1.00 bits per heavy atom. The first-order valence-electron chi connectivity index (χ1n) is 9.79. The number of phenolic OH excluding ortho intramolecular Hbond substituents is 1. The largest absolute Gasteiger partial charge is 0.508 e. The molecule has 1 atom stereocenters. The van der Waals surface area contributed by atoms with E-state index < -0.39 is 0 Å². The van der Waals surface area contributed by atoms with Crippen molar-refractivity contribution in [2.24, 2.45) is 0 Å². The topological polar surface area (TPSA) is 65.4 Å². The molecular formula is C22H29FN2O4. The molecule has 1 aliphatic rings. The van der Waals surface area contributed by atoms with Crippen LogP contribution in [0.5, 0.6) is 17.2 Å². The molecule has 2 N–H and O–H groups in total. The second kappa shape index (κ2) is 9.91. The summed E-state index contributed by atoms with van der Waals surface area (Å²) < 4.78 is 24.7. The van der Waals surface area contributed by atoms with Crippen molar-refractivity contribution in [2.45, 2.75) is 25.6 Å². The van der Waals surface area contributed by atoms with Gasteiger partial charge in [-0.15, -0.1) is 0 Å². The van der Waals surface area contributed by atoms with Crippen molar-refractivity contribution < 1.29 is 24.1 Å². The third-order valence-electron chi connectivity index (χ3n) is 5.47. The zero-order valence-corrected chi connectivity index (χ0v) is 17.0. The molecule has 2 aromatic rings. The van der Waals surface area contributed by atoms with E-state index in [1.54, 1.807) is 31.4 Å². The van der Waals surface area contributed by atoms with Gasteiger partial charge in [-0.2, -0.15) is 0 Å². The van der Waals surface area contributed by atoms with Crippen LogP contribution < -0.4 is 9.47 Å². The molecule has 2 aromatic carbocycles. The van der Waals surface area contributed by atoms with E-state index in [0.717, 1.165) is 25.2 Å². The SMILES string of the molecule is COc1ccc(CN2CCN(Cc3cc(OC)ccc3O)C[C@@H]2CCO)c(F)c1. The Morgan fingerprint density at radius 3 is 2.41 bits per heavy atom. The molecule has 0 unspecified atom stereocenters. The number of hydrogen-bond donors (Lipinski definition) is 2. The first-order valence-corrected chi connectivity index (χ1v) is 9.79. The lowest BCUT2D eigenvalue weighted by molar-refractivity contribution is 0.0489. The maximum Gasteiger partial charge on any atom is 0.131 e. The van der Waals surface area contributed by atoms with Crippen LogP contribution in [0.4, 0.5) is 4.39 Å². The molecule has 0 aliphatic carbocycles. The van der Waals surface area contributed by atoms with Gasteiger partial charge in [-0.25, -0.2) is 4.39 Å². The summed E-state index contributed by atoms with van der Waals surface area (Å²) >= 11 is 0. The van der Waals surface area contributed by atoms with E-state index in [0.29, 0.717) is 36.6 Å². The Hall–Kier alpha value is -2.35. The lowest BCUT2D eigenvalue weighted by atomic mass is 10.1. The van der Waals surface area contributed by atoms with Crippen molar-refractivity contribution in [3.8, 4) is 17.2 Å². The van der Waals surface area contributed by atoms with E-state index in [1.807, 2.05) is 6.07 Å². The van der Waals surface area contributed by atoms with Gasteiger partial charge in [-0.3, -0.25) is 9.80 Å². The predicted octanol–water partition coefficient (Wildman–Crippen LogP) is 2.62. The molecular weight excluding hydrogens is 375 g/mol. The van der Waals surface area contributed by atoms with Crippen LogP contribution in [0, 0.1) is 5.82 Å². The van der Waals surface area contributed by atoms with Crippen LogP contribution >= 0.6 is 0 Å². The molecule has 1 saturated heterocycles. The number of hydrogen-bond acceptors (Lipinski definition) is 6. The number of methoxy groups -OCH3 is 2. The maximum absolute atomic E-state index is 14.4. The zero-order chi connectivity index (χ0) is 20.8. The first kappa shape index (κ1) is 21.4. The number of rotatable bonds is 8. The van der Waals surface area contributed by atoms with Crippen LogP contribution in [0.25, 0.3) is 0 Å². The number of aromatic hydroxyl groups is 1. The smallest absolute Gasteiger partial charge is 0.131 e. The van der Waals surface area contributed by atoms with Gasteiger partial charge in [-0.05, 0) is 30.7 Å². The van der Waals surface area contributed by atoms with Crippen LogP contribution in [0.2, 0.25) is 0 Å². The molecule has 1 aliphatic heterocycles. The van der Waals surface area contributed by atoms with Crippen molar-refractivity contribution in [1.29, 1.82) is 0 Å². The van der Waals surface area contributed by atoms with Crippen molar-refractivity contribution in [3.63, 3.8) is 0 Å². The second-order valence-corrected chi connectivity index (χ2v) is 7.32. The summed E-state index contributed by atoms with van der Waals surface area (Å²) in [5.74, 6) is 1.17. The molecule has 0 amide bonds. The lowest BCUT2D eigenvalue weighted by Gasteiger charge is -2.41. The van der Waals surface area contributed by atoms with Crippen molar-refractivity contribution in [2.75, 3.05) is 40.5 Å². The highest BCUT2D eigenvalue weighted by atomic mass is 19.1. The third-order valence-corrected chi connectivity index (χ3v) is 5.47. The van der Waals surface area contributed by atoms with Gasteiger partial charge in [0.05, 0.1) is 14.2 Å². The number of benzene rings is 2. The fourth-order valence-electron chi connectivity index (χ4n) is 3.79. The molecule has 158 valence electrons. The van der Waals surface area contributed by atoms with E-state index >= 15 is 0 Å². The van der Waals surface area contributed by atoms with Gasteiger partial charge in [0.25, 0.3) is 0 Å². The van der Waals surface area contributed by atoms with Crippen LogP contribution in [-0.2, 0) is 13.1 Å². The number of halogens is 1. The molecule has 6 nitrogen and oxygen atoms in total. The number of nitrogens with zero attached hydrogens (tertiary/aromatic N) is 2. The van der Waals surface area contributed by atoms with Gasteiger partial charge < -0.3 is 19.7 Å². The molecule has 0 radical (unpaired) electrons. The highest BCUT2D eigenvalue weighted by Gasteiger charge is 2.27. The standard InChI is InChI=1S/C22H29FN2O4/c1-28-19-5-6-22(27)17(11-19)13-24-8-9-25(18(15-24)7-10-26)14-16-3-4-20(29-2)12-21(16)23/h3-6,11-12,18,26-27H,7-10,13-15H2,1-2H3/t18-/m0/s1. The van der Waals surface area contributed by atoms with Gasteiger partial charge in [0.15, 0.2) is 0 Å². The minimum atomic E-state index is -0.282. The maximum atomic E-state index is 14.4. The number of aliphatic hydroxyl groups excluding tert-OH is 1. The van der Waals surface area contributed by atoms with E-state index in [2.05, 4.69) is 9.80 Å². The van der Waals surface area contributed by atoms with Gasteiger partial charge in [0.1, 0.15) is 23.1 Å². The average molecular weight is 404 g/mol. The summed E-state index contributed by atoms with van der Waals surface area (Å²) in [6, 6.07) is 10.2. The summed E-state index contributed by atoms with van der Waals surface area (Å²) in [5.41, 5.74) is 1.43. The Balaban J connectivity index is 1.68. The summed E-state index contributed by atoms with van der Waals surface area (Å²) in [4.78, 5) is 4.46. The number of aliphatic hydroxyl groups is 1. The zero-order valence-electron chi connectivity index (χ0n) is 17.0. The van der Waals surface area contributed by atoms with Gasteiger partial charge in [-0.1, -0.05) is 6.07 Å². The monoisotopic (exact) mass is 404 g/mol. The van der Waals surface area contributed by atoms with Gasteiger partial charge >= 0.3 is 0 Å². The van der Waals surface area contributed by atoms with Crippen molar-refractivity contribution >= 4 is 0 Å². The van der Waals surface area contributed by atoms with Crippen LogP contribution in [-0.4, -0.2) is 66.5 Å². The minimum absolute atomic E-state index is 0.0739. The molecule has 0 bridgehead atoms. The van der Waals surface area contributed by atoms with E-state index in [9.17, 15) is 14.6 Å². The number of ether oxygens (including phenoxy) is 2. The van der Waals surface area contributed by atoms with Crippen molar-refractivity contribution in [3.05, 3.63) is 53.3 Å². The fraction of sp³-hybridized carbons (Fsp3) is 0.455. The van der Waals surface area contributed by atoms with Gasteiger partial charge in [0.2, 0.25) is 0 Å². The van der Waals surface area contributed by atoms with E-state index in [-0.39, 0.29) is 24.2 Å². The van der Waals surface area contributed by atoms with E-state index in [1.165, 1.54) is 13.2 Å². The Bertz CT molecular complexity index is 817. The minimum Gasteiger partial charge on any atom is -0.508 e. The van der Waals surface area contributed by atoms with Crippen LogP contribution in [0.15, 0.2) is 36.4 Å². The average Bonchev–Trinajstić information content (AvgIpc) is 2.73.